The highest BCUT2D eigenvalue weighted by Crippen LogP contribution is 2.32. The van der Waals surface area contributed by atoms with Crippen molar-refractivity contribution < 1.29 is 18.7 Å². The number of thiophene rings is 1. The summed E-state index contributed by atoms with van der Waals surface area (Å²) >= 11 is 1.65. The molecule has 1 aromatic carbocycles. The zero-order chi connectivity index (χ0) is 16.4. The van der Waals surface area contributed by atoms with Gasteiger partial charge in [-0.3, -0.25) is 4.79 Å². The molecule has 0 bridgehead atoms. The van der Waals surface area contributed by atoms with Crippen molar-refractivity contribution >= 4 is 17.2 Å². The Morgan fingerprint density at radius 2 is 2.08 bits per heavy atom. The fourth-order valence-electron chi connectivity index (χ4n) is 2.66. The molecule has 0 aliphatic carbocycles. The van der Waals surface area contributed by atoms with Crippen LogP contribution in [0.4, 0.5) is 0 Å². The number of benzene rings is 1. The van der Waals surface area contributed by atoms with E-state index in [1.807, 2.05) is 29.6 Å². The first kappa shape index (κ1) is 14.8. The van der Waals surface area contributed by atoms with E-state index in [4.69, 9.17) is 13.9 Å². The topological polar surface area (TPSA) is 60.7 Å². The van der Waals surface area contributed by atoms with Crippen molar-refractivity contribution in [1.29, 1.82) is 0 Å². The van der Waals surface area contributed by atoms with E-state index in [0.717, 1.165) is 10.6 Å². The van der Waals surface area contributed by atoms with Crippen molar-refractivity contribution in [2.45, 2.75) is 5.92 Å². The molecule has 0 spiro atoms. The number of ether oxygens (including phenoxy) is 2. The summed E-state index contributed by atoms with van der Waals surface area (Å²) < 4.78 is 16.1. The molecular weight excluding hydrogens is 326 g/mol. The van der Waals surface area contributed by atoms with Crippen LogP contribution in [0.2, 0.25) is 0 Å². The summed E-state index contributed by atoms with van der Waals surface area (Å²) in [5.41, 5.74) is 0.545. The number of carbonyl (C=O) groups is 1. The molecule has 1 aliphatic heterocycles. The molecule has 5 nitrogen and oxygen atoms in total. The fourth-order valence-corrected chi connectivity index (χ4v) is 3.49. The minimum Gasteiger partial charge on any atom is -0.469 e. The van der Waals surface area contributed by atoms with Crippen molar-refractivity contribution in [2.75, 3.05) is 13.3 Å². The Morgan fingerprint density at radius 3 is 2.88 bits per heavy atom. The molecule has 3 aromatic rings. The fraction of sp³-hybridized carbons (Fsp3) is 0.167. The summed E-state index contributed by atoms with van der Waals surface area (Å²) in [5, 5.41) is 5.00. The van der Waals surface area contributed by atoms with Crippen LogP contribution in [0.5, 0.6) is 11.5 Å². The van der Waals surface area contributed by atoms with Gasteiger partial charge in [0, 0.05) is 17.0 Å². The Labute approximate surface area is 142 Å². The zero-order valence-electron chi connectivity index (χ0n) is 12.7. The van der Waals surface area contributed by atoms with Gasteiger partial charge in [-0.2, -0.15) is 0 Å². The third-order valence-electron chi connectivity index (χ3n) is 3.87. The minimum absolute atomic E-state index is 0.00189. The van der Waals surface area contributed by atoms with Crippen molar-refractivity contribution in [3.8, 4) is 11.5 Å². The molecular formula is C18H15NO4S. The number of nitrogens with one attached hydrogen (secondary N) is 1. The molecule has 1 unspecified atom stereocenters. The van der Waals surface area contributed by atoms with Crippen LogP contribution in [-0.2, 0) is 0 Å². The maximum atomic E-state index is 12.5. The molecule has 6 heteroatoms. The second-order valence-corrected chi connectivity index (χ2v) is 6.34. The van der Waals surface area contributed by atoms with Gasteiger partial charge in [-0.1, -0.05) is 6.07 Å². The summed E-state index contributed by atoms with van der Waals surface area (Å²) in [6, 6.07) is 13.0. The van der Waals surface area contributed by atoms with Crippen molar-refractivity contribution in [3.63, 3.8) is 0 Å². The predicted octanol–water partition coefficient (Wildman–Crippen LogP) is 3.63. The van der Waals surface area contributed by atoms with Crippen LogP contribution in [0.25, 0.3) is 0 Å². The Hall–Kier alpha value is -2.73. The van der Waals surface area contributed by atoms with Gasteiger partial charge in [-0.15, -0.1) is 11.3 Å². The molecule has 0 saturated carbocycles. The molecule has 24 heavy (non-hydrogen) atoms. The van der Waals surface area contributed by atoms with E-state index in [9.17, 15) is 4.79 Å². The lowest BCUT2D eigenvalue weighted by Crippen LogP contribution is -2.28. The lowest BCUT2D eigenvalue weighted by Gasteiger charge is -2.14. The first-order valence-corrected chi connectivity index (χ1v) is 8.44. The molecule has 0 radical (unpaired) electrons. The number of rotatable bonds is 5. The molecule has 1 aliphatic rings. The number of furan rings is 1. The van der Waals surface area contributed by atoms with E-state index in [-0.39, 0.29) is 18.6 Å². The van der Waals surface area contributed by atoms with Gasteiger partial charge in [-0.25, -0.2) is 0 Å². The van der Waals surface area contributed by atoms with Gasteiger partial charge in [0.05, 0.1) is 12.2 Å². The summed E-state index contributed by atoms with van der Waals surface area (Å²) in [7, 11) is 0. The third kappa shape index (κ3) is 2.88. The quantitative estimate of drug-likeness (QED) is 0.770. The third-order valence-corrected chi connectivity index (χ3v) is 4.86. The van der Waals surface area contributed by atoms with Crippen LogP contribution in [0.1, 0.15) is 26.9 Å². The average Bonchev–Trinajstić information content (AvgIpc) is 3.36. The first-order valence-electron chi connectivity index (χ1n) is 7.56. The normalized spacial score (nSPS) is 13.7. The molecule has 2 aromatic heterocycles. The second kappa shape index (κ2) is 6.41. The Kier molecular flexibility index (Phi) is 3.96. The smallest absolute Gasteiger partial charge is 0.251 e. The zero-order valence-corrected chi connectivity index (χ0v) is 13.5. The van der Waals surface area contributed by atoms with Crippen LogP contribution in [0, 0.1) is 0 Å². The molecule has 0 fully saturated rings. The van der Waals surface area contributed by atoms with Gasteiger partial charge >= 0.3 is 0 Å². The second-order valence-electron chi connectivity index (χ2n) is 5.36. The molecule has 4 rings (SSSR count). The van der Waals surface area contributed by atoms with Gasteiger partial charge in [0.25, 0.3) is 5.91 Å². The number of hydrogen-bond acceptors (Lipinski definition) is 5. The highest BCUT2D eigenvalue weighted by molar-refractivity contribution is 7.10. The van der Waals surface area contributed by atoms with Gasteiger partial charge in [0.1, 0.15) is 5.76 Å². The van der Waals surface area contributed by atoms with Gasteiger partial charge in [0.15, 0.2) is 11.5 Å². The van der Waals surface area contributed by atoms with Gasteiger partial charge < -0.3 is 19.2 Å². The predicted molar refractivity (Wildman–Crippen MR) is 89.8 cm³/mol. The number of hydrogen-bond donors (Lipinski definition) is 1. The van der Waals surface area contributed by atoms with Crippen LogP contribution < -0.4 is 14.8 Å². The number of fused-ring (bicyclic) bond motifs is 1. The average molecular weight is 341 g/mol. The lowest BCUT2D eigenvalue weighted by molar-refractivity contribution is 0.0951. The standard InChI is InChI=1S/C18H15NO4S/c20-18(12-5-6-15-16(9-12)23-11-22-15)19-10-13(14-3-1-7-21-14)17-4-2-8-24-17/h1-9,13H,10-11H2,(H,19,20). The lowest BCUT2D eigenvalue weighted by atomic mass is 10.0. The van der Waals surface area contributed by atoms with E-state index in [0.29, 0.717) is 23.6 Å². The summed E-state index contributed by atoms with van der Waals surface area (Å²) in [6.07, 6.45) is 1.65. The minimum atomic E-state index is -0.151. The van der Waals surface area contributed by atoms with Crippen LogP contribution in [-0.4, -0.2) is 19.2 Å². The Bertz CT molecular complexity index is 793. The molecule has 0 saturated heterocycles. The van der Waals surface area contributed by atoms with E-state index < -0.39 is 0 Å². The van der Waals surface area contributed by atoms with E-state index >= 15 is 0 Å². The van der Waals surface area contributed by atoms with E-state index in [1.165, 1.54) is 0 Å². The summed E-state index contributed by atoms with van der Waals surface area (Å²) in [5.74, 6) is 1.95. The SMILES string of the molecule is O=C(NCC(c1ccco1)c1cccs1)c1ccc2c(c1)OCO2. The molecule has 1 atom stereocenters. The highest BCUT2D eigenvalue weighted by atomic mass is 32.1. The van der Waals surface area contributed by atoms with Crippen molar-refractivity contribution in [3.05, 3.63) is 70.3 Å². The first-order chi connectivity index (χ1) is 11.8. The van der Waals surface area contributed by atoms with Gasteiger partial charge in [0.2, 0.25) is 6.79 Å². The molecule has 122 valence electrons. The molecule has 1 N–H and O–H groups in total. The van der Waals surface area contributed by atoms with Crippen LogP contribution >= 0.6 is 11.3 Å². The number of amides is 1. The maximum Gasteiger partial charge on any atom is 0.251 e. The molecule has 1 amide bonds. The van der Waals surface area contributed by atoms with Crippen LogP contribution in [0.15, 0.2) is 58.5 Å². The highest BCUT2D eigenvalue weighted by Gasteiger charge is 2.21. The maximum absolute atomic E-state index is 12.5. The van der Waals surface area contributed by atoms with Crippen molar-refractivity contribution in [2.24, 2.45) is 0 Å². The van der Waals surface area contributed by atoms with E-state index in [2.05, 4.69) is 5.32 Å². The molecule has 3 heterocycles. The summed E-state index contributed by atoms with van der Waals surface area (Å²) in [4.78, 5) is 13.6. The Balaban J connectivity index is 1.49. The number of carbonyl (C=O) groups excluding carboxylic acids is 1. The Morgan fingerprint density at radius 1 is 1.17 bits per heavy atom. The largest absolute Gasteiger partial charge is 0.469 e. The van der Waals surface area contributed by atoms with Gasteiger partial charge in [-0.05, 0) is 41.8 Å². The summed E-state index contributed by atoms with van der Waals surface area (Å²) in [6.45, 7) is 0.653. The van der Waals surface area contributed by atoms with Crippen molar-refractivity contribution in [1.82, 2.24) is 5.32 Å². The van der Waals surface area contributed by atoms with E-state index in [1.54, 1.807) is 35.8 Å². The monoisotopic (exact) mass is 341 g/mol. The van der Waals surface area contributed by atoms with Crippen LogP contribution in [0.3, 0.4) is 0 Å².